The lowest BCUT2D eigenvalue weighted by Crippen LogP contribution is -2.50. The van der Waals surface area contributed by atoms with Gasteiger partial charge in [-0.1, -0.05) is 23.7 Å². The molecule has 1 saturated heterocycles. The average Bonchev–Trinajstić information content (AvgIpc) is 2.68. The number of carbonyl (C=O) groups is 1. The van der Waals surface area contributed by atoms with Crippen LogP contribution in [0.4, 0.5) is 0 Å². The maximum Gasteiger partial charge on any atom is 0.259 e. The second kappa shape index (κ2) is 8.24. The molecular weight excluding hydrogens is 390 g/mol. The van der Waals surface area contributed by atoms with Gasteiger partial charge in [-0.15, -0.1) is 0 Å². The molecular formula is C18H20ClN3O4S. The first kappa shape index (κ1) is 19.6. The number of aromatic nitrogens is 1. The Kier molecular flexibility index (Phi) is 5.98. The summed E-state index contributed by atoms with van der Waals surface area (Å²) in [5.41, 5.74) is 0.377. The van der Waals surface area contributed by atoms with Crippen molar-refractivity contribution in [2.24, 2.45) is 0 Å². The van der Waals surface area contributed by atoms with E-state index in [9.17, 15) is 13.2 Å². The fraction of sp³-hybridized carbons (Fsp3) is 0.333. The Morgan fingerprint density at radius 3 is 2.52 bits per heavy atom. The standard InChI is InChI=1S/C18H20ClN3O4S/c1-2-26-17-14(6-5-9-20-17)18(23)21-10-12-22(13-11-21)27(24,25)16-8-4-3-7-15(16)19/h3-9H,2,10-13H2,1H3. The predicted molar refractivity (Wildman–Crippen MR) is 102 cm³/mol. The summed E-state index contributed by atoms with van der Waals surface area (Å²) in [6, 6.07) is 9.68. The molecule has 1 aromatic heterocycles. The number of rotatable bonds is 5. The zero-order chi connectivity index (χ0) is 19.4. The third-order valence-corrected chi connectivity index (χ3v) is 6.66. The van der Waals surface area contributed by atoms with E-state index in [1.807, 2.05) is 6.92 Å². The van der Waals surface area contributed by atoms with Crippen molar-refractivity contribution in [2.45, 2.75) is 11.8 Å². The molecule has 1 aliphatic heterocycles. The Labute approximate surface area is 163 Å². The van der Waals surface area contributed by atoms with Gasteiger partial charge in [0.15, 0.2) is 0 Å². The molecule has 0 spiro atoms. The van der Waals surface area contributed by atoms with Crippen LogP contribution in [0, 0.1) is 0 Å². The van der Waals surface area contributed by atoms with Crippen molar-refractivity contribution in [2.75, 3.05) is 32.8 Å². The van der Waals surface area contributed by atoms with Crippen LogP contribution in [0.25, 0.3) is 0 Å². The third-order valence-electron chi connectivity index (χ3n) is 4.26. The van der Waals surface area contributed by atoms with Crippen molar-refractivity contribution in [3.05, 3.63) is 53.2 Å². The average molecular weight is 410 g/mol. The smallest absolute Gasteiger partial charge is 0.259 e. The molecule has 0 N–H and O–H groups in total. The molecule has 1 aliphatic rings. The van der Waals surface area contributed by atoms with Crippen LogP contribution in [0.15, 0.2) is 47.5 Å². The van der Waals surface area contributed by atoms with Crippen LogP contribution >= 0.6 is 11.6 Å². The summed E-state index contributed by atoms with van der Waals surface area (Å²) in [6.07, 6.45) is 1.57. The van der Waals surface area contributed by atoms with E-state index in [0.29, 0.717) is 12.2 Å². The van der Waals surface area contributed by atoms with Crippen molar-refractivity contribution in [3.63, 3.8) is 0 Å². The lowest BCUT2D eigenvalue weighted by molar-refractivity contribution is 0.0692. The molecule has 0 atom stereocenters. The number of hydrogen-bond donors (Lipinski definition) is 0. The van der Waals surface area contributed by atoms with Crippen molar-refractivity contribution in [3.8, 4) is 5.88 Å². The molecule has 0 saturated carbocycles. The number of nitrogens with zero attached hydrogens (tertiary/aromatic N) is 3. The minimum absolute atomic E-state index is 0.0809. The quantitative estimate of drug-likeness (QED) is 0.756. The zero-order valence-corrected chi connectivity index (χ0v) is 16.4. The van der Waals surface area contributed by atoms with Crippen molar-refractivity contribution < 1.29 is 17.9 Å². The molecule has 1 amide bonds. The van der Waals surface area contributed by atoms with E-state index < -0.39 is 10.0 Å². The molecule has 0 radical (unpaired) electrons. The number of hydrogen-bond acceptors (Lipinski definition) is 5. The van der Waals surface area contributed by atoms with Crippen LogP contribution in [-0.2, 0) is 10.0 Å². The molecule has 7 nitrogen and oxygen atoms in total. The minimum atomic E-state index is -3.70. The summed E-state index contributed by atoms with van der Waals surface area (Å²) < 4.78 is 32.4. The summed E-state index contributed by atoms with van der Waals surface area (Å²) in [5.74, 6) is 0.0671. The summed E-state index contributed by atoms with van der Waals surface area (Å²) in [4.78, 5) is 18.6. The number of pyridine rings is 1. The molecule has 2 aromatic rings. The maximum atomic E-state index is 12.8. The van der Waals surface area contributed by atoms with Gasteiger partial charge in [0.25, 0.3) is 5.91 Å². The van der Waals surface area contributed by atoms with E-state index in [4.69, 9.17) is 16.3 Å². The Balaban J connectivity index is 1.72. The van der Waals surface area contributed by atoms with Crippen molar-refractivity contribution >= 4 is 27.5 Å². The Morgan fingerprint density at radius 2 is 1.85 bits per heavy atom. The summed E-state index contributed by atoms with van der Waals surface area (Å²) in [7, 11) is -3.70. The normalized spacial score (nSPS) is 15.6. The summed E-state index contributed by atoms with van der Waals surface area (Å²) in [5, 5.41) is 0.188. The van der Waals surface area contributed by atoms with Gasteiger partial charge in [0.1, 0.15) is 10.5 Å². The van der Waals surface area contributed by atoms with Crippen LogP contribution < -0.4 is 4.74 Å². The Morgan fingerprint density at radius 1 is 1.15 bits per heavy atom. The number of carbonyl (C=O) groups excluding carboxylic acids is 1. The predicted octanol–water partition coefficient (Wildman–Crippen LogP) is 2.28. The molecule has 9 heteroatoms. The minimum Gasteiger partial charge on any atom is -0.477 e. The van der Waals surface area contributed by atoms with Gasteiger partial charge < -0.3 is 9.64 Å². The molecule has 144 valence electrons. The molecule has 0 unspecified atom stereocenters. The zero-order valence-electron chi connectivity index (χ0n) is 14.8. The van der Waals surface area contributed by atoms with Crippen LogP contribution in [0.3, 0.4) is 0 Å². The van der Waals surface area contributed by atoms with Crippen LogP contribution in [0.1, 0.15) is 17.3 Å². The molecule has 3 rings (SSSR count). The van der Waals surface area contributed by atoms with Gasteiger partial charge in [-0.05, 0) is 31.2 Å². The lowest BCUT2D eigenvalue weighted by Gasteiger charge is -2.34. The molecule has 27 heavy (non-hydrogen) atoms. The largest absolute Gasteiger partial charge is 0.477 e. The molecule has 2 heterocycles. The van der Waals surface area contributed by atoms with Crippen LogP contribution in [-0.4, -0.2) is 61.3 Å². The number of sulfonamides is 1. The summed E-state index contributed by atoms with van der Waals surface area (Å²) in [6.45, 7) is 3.18. The molecule has 1 fully saturated rings. The fourth-order valence-electron chi connectivity index (χ4n) is 2.90. The van der Waals surface area contributed by atoms with Gasteiger partial charge in [0, 0.05) is 32.4 Å². The number of benzene rings is 1. The SMILES string of the molecule is CCOc1ncccc1C(=O)N1CCN(S(=O)(=O)c2ccccc2Cl)CC1. The summed E-state index contributed by atoms with van der Waals surface area (Å²) >= 11 is 6.04. The highest BCUT2D eigenvalue weighted by molar-refractivity contribution is 7.89. The Bertz CT molecular complexity index is 928. The molecule has 0 bridgehead atoms. The second-order valence-corrected chi connectivity index (χ2v) is 8.23. The van der Waals surface area contributed by atoms with E-state index in [-0.39, 0.29) is 47.9 Å². The number of amides is 1. The van der Waals surface area contributed by atoms with Gasteiger partial charge in [-0.2, -0.15) is 4.31 Å². The monoisotopic (exact) mass is 409 g/mol. The number of piperazine rings is 1. The first-order chi connectivity index (χ1) is 12.9. The van der Waals surface area contributed by atoms with Gasteiger partial charge in [0.05, 0.1) is 11.6 Å². The van der Waals surface area contributed by atoms with E-state index in [1.165, 1.54) is 10.4 Å². The van der Waals surface area contributed by atoms with E-state index in [2.05, 4.69) is 4.98 Å². The first-order valence-electron chi connectivity index (χ1n) is 8.57. The second-order valence-electron chi connectivity index (χ2n) is 5.92. The first-order valence-corrected chi connectivity index (χ1v) is 10.4. The van der Waals surface area contributed by atoms with E-state index in [1.54, 1.807) is 41.4 Å². The fourth-order valence-corrected chi connectivity index (χ4v) is 4.82. The lowest BCUT2D eigenvalue weighted by atomic mass is 10.2. The van der Waals surface area contributed by atoms with Gasteiger partial charge >= 0.3 is 0 Å². The number of halogens is 1. The Hall–Kier alpha value is -2.16. The van der Waals surface area contributed by atoms with Gasteiger partial charge in [-0.25, -0.2) is 13.4 Å². The molecule has 1 aromatic carbocycles. The van der Waals surface area contributed by atoms with Crippen molar-refractivity contribution in [1.29, 1.82) is 0 Å². The van der Waals surface area contributed by atoms with E-state index in [0.717, 1.165) is 0 Å². The van der Waals surface area contributed by atoms with Gasteiger partial charge in [0.2, 0.25) is 15.9 Å². The third kappa shape index (κ3) is 4.07. The number of ether oxygens (including phenoxy) is 1. The highest BCUT2D eigenvalue weighted by Crippen LogP contribution is 2.25. The van der Waals surface area contributed by atoms with Crippen LogP contribution in [0.5, 0.6) is 5.88 Å². The van der Waals surface area contributed by atoms with Crippen LogP contribution in [0.2, 0.25) is 5.02 Å². The highest BCUT2D eigenvalue weighted by atomic mass is 35.5. The van der Waals surface area contributed by atoms with Crippen molar-refractivity contribution in [1.82, 2.24) is 14.2 Å². The van der Waals surface area contributed by atoms with Gasteiger partial charge in [-0.3, -0.25) is 4.79 Å². The maximum absolute atomic E-state index is 12.8. The molecule has 0 aliphatic carbocycles. The topological polar surface area (TPSA) is 79.8 Å². The van der Waals surface area contributed by atoms with E-state index >= 15 is 0 Å². The highest BCUT2D eigenvalue weighted by Gasteiger charge is 2.32.